The standard InChI is InChI=1S/C19H20N2O5S/c22-18(20-17(19(23)24)14-6-2-1-3-7-14)15-8-10-16(11-9-15)27(25,26)21-12-4-5-13-21/h1-3,6-11,17H,4-5,12-13H2,(H,20,22)(H,23,24)/t17-/m0/s1. The molecule has 2 N–H and O–H groups in total. The highest BCUT2D eigenvalue weighted by Crippen LogP contribution is 2.21. The molecule has 2 aromatic carbocycles. The van der Waals surface area contributed by atoms with Crippen LogP contribution in [-0.2, 0) is 14.8 Å². The monoisotopic (exact) mass is 388 g/mol. The maximum atomic E-state index is 12.5. The Kier molecular flexibility index (Phi) is 5.57. The average Bonchev–Trinajstić information content (AvgIpc) is 3.22. The summed E-state index contributed by atoms with van der Waals surface area (Å²) in [5.41, 5.74) is 0.643. The smallest absolute Gasteiger partial charge is 0.330 e. The number of carboxylic acids is 1. The molecule has 2 aromatic rings. The lowest BCUT2D eigenvalue weighted by Crippen LogP contribution is -2.33. The molecular formula is C19H20N2O5S. The highest BCUT2D eigenvalue weighted by atomic mass is 32.2. The van der Waals surface area contributed by atoms with Gasteiger partial charge in [0.2, 0.25) is 10.0 Å². The summed E-state index contributed by atoms with van der Waals surface area (Å²) >= 11 is 0. The third kappa shape index (κ3) is 4.17. The van der Waals surface area contributed by atoms with Crippen molar-refractivity contribution < 1.29 is 23.1 Å². The molecule has 0 aromatic heterocycles. The zero-order valence-corrected chi connectivity index (χ0v) is 15.4. The van der Waals surface area contributed by atoms with Crippen LogP contribution in [0.5, 0.6) is 0 Å². The van der Waals surface area contributed by atoms with Gasteiger partial charge in [-0.3, -0.25) is 4.79 Å². The van der Waals surface area contributed by atoms with E-state index in [1.807, 2.05) is 0 Å². The first-order valence-electron chi connectivity index (χ1n) is 8.58. The maximum absolute atomic E-state index is 12.5. The second-order valence-electron chi connectivity index (χ2n) is 6.29. The van der Waals surface area contributed by atoms with Crippen molar-refractivity contribution in [2.45, 2.75) is 23.8 Å². The fraction of sp³-hybridized carbons (Fsp3) is 0.263. The molecule has 1 amide bonds. The van der Waals surface area contributed by atoms with Crippen molar-refractivity contribution in [2.75, 3.05) is 13.1 Å². The largest absolute Gasteiger partial charge is 0.479 e. The quantitative estimate of drug-likeness (QED) is 0.788. The van der Waals surface area contributed by atoms with Gasteiger partial charge in [0, 0.05) is 18.7 Å². The van der Waals surface area contributed by atoms with Gasteiger partial charge in [-0.05, 0) is 42.7 Å². The average molecular weight is 388 g/mol. The van der Waals surface area contributed by atoms with E-state index in [1.54, 1.807) is 30.3 Å². The Bertz CT molecular complexity index is 920. The topological polar surface area (TPSA) is 104 Å². The van der Waals surface area contributed by atoms with Crippen LogP contribution in [0.2, 0.25) is 0 Å². The molecule has 0 radical (unpaired) electrons. The van der Waals surface area contributed by atoms with E-state index >= 15 is 0 Å². The van der Waals surface area contributed by atoms with Gasteiger partial charge in [-0.15, -0.1) is 0 Å². The minimum absolute atomic E-state index is 0.124. The molecule has 27 heavy (non-hydrogen) atoms. The number of nitrogens with one attached hydrogen (secondary N) is 1. The number of carboxylic acid groups (broad SMARTS) is 1. The Morgan fingerprint density at radius 3 is 2.11 bits per heavy atom. The van der Waals surface area contributed by atoms with Crippen LogP contribution in [0.1, 0.15) is 34.8 Å². The highest BCUT2D eigenvalue weighted by Gasteiger charge is 2.27. The minimum atomic E-state index is -3.55. The van der Waals surface area contributed by atoms with Gasteiger partial charge in [-0.1, -0.05) is 30.3 Å². The molecule has 1 saturated heterocycles. The third-order valence-corrected chi connectivity index (χ3v) is 6.39. The predicted octanol–water partition coefficient (Wildman–Crippen LogP) is 2.03. The summed E-state index contributed by atoms with van der Waals surface area (Å²) in [5.74, 6) is -1.76. The van der Waals surface area contributed by atoms with Crippen LogP contribution in [0, 0.1) is 0 Å². The number of sulfonamides is 1. The summed E-state index contributed by atoms with van der Waals surface area (Å²) in [6, 6.07) is 12.7. The van der Waals surface area contributed by atoms with Crippen molar-refractivity contribution >= 4 is 21.9 Å². The summed E-state index contributed by atoms with van der Waals surface area (Å²) < 4.78 is 26.5. The molecule has 0 aliphatic carbocycles. The maximum Gasteiger partial charge on any atom is 0.330 e. The van der Waals surface area contributed by atoms with Crippen molar-refractivity contribution in [3.8, 4) is 0 Å². The lowest BCUT2D eigenvalue weighted by molar-refractivity contribution is -0.139. The fourth-order valence-corrected chi connectivity index (χ4v) is 4.52. The number of nitrogens with zero attached hydrogens (tertiary/aromatic N) is 1. The number of hydrogen-bond acceptors (Lipinski definition) is 4. The normalized spacial score (nSPS) is 16.0. The summed E-state index contributed by atoms with van der Waals surface area (Å²) in [7, 11) is -3.55. The molecule has 0 bridgehead atoms. The Morgan fingerprint density at radius 1 is 0.963 bits per heavy atom. The van der Waals surface area contributed by atoms with E-state index in [1.165, 1.54) is 28.6 Å². The summed E-state index contributed by atoms with van der Waals surface area (Å²) in [6.45, 7) is 1.00. The molecule has 1 atom stereocenters. The first-order valence-corrected chi connectivity index (χ1v) is 10.0. The van der Waals surface area contributed by atoms with E-state index < -0.39 is 27.9 Å². The van der Waals surface area contributed by atoms with Gasteiger partial charge in [0.15, 0.2) is 6.04 Å². The lowest BCUT2D eigenvalue weighted by Gasteiger charge is -2.16. The van der Waals surface area contributed by atoms with Gasteiger partial charge in [-0.25, -0.2) is 13.2 Å². The number of hydrogen-bond donors (Lipinski definition) is 2. The Labute approximate surface area is 157 Å². The number of aliphatic carboxylic acids is 1. The molecule has 0 spiro atoms. The Morgan fingerprint density at radius 2 is 1.56 bits per heavy atom. The van der Waals surface area contributed by atoms with Gasteiger partial charge in [-0.2, -0.15) is 4.31 Å². The Hall–Kier alpha value is -2.71. The van der Waals surface area contributed by atoms with Gasteiger partial charge >= 0.3 is 5.97 Å². The summed E-state index contributed by atoms with van der Waals surface area (Å²) in [5, 5.41) is 11.9. The van der Waals surface area contributed by atoms with Crippen molar-refractivity contribution in [3.05, 3.63) is 65.7 Å². The van der Waals surface area contributed by atoms with E-state index in [0.29, 0.717) is 18.7 Å². The molecule has 1 fully saturated rings. The fourth-order valence-electron chi connectivity index (χ4n) is 3.00. The molecule has 3 rings (SSSR count). The van der Waals surface area contributed by atoms with Crippen LogP contribution < -0.4 is 5.32 Å². The van der Waals surface area contributed by atoms with Gasteiger partial charge in [0.05, 0.1) is 4.90 Å². The number of amides is 1. The van der Waals surface area contributed by atoms with Crippen LogP contribution in [0.25, 0.3) is 0 Å². The van der Waals surface area contributed by atoms with Crippen molar-refractivity contribution in [1.82, 2.24) is 9.62 Å². The molecule has 7 nitrogen and oxygen atoms in total. The first kappa shape index (κ1) is 19.1. The van der Waals surface area contributed by atoms with E-state index in [2.05, 4.69) is 5.32 Å². The van der Waals surface area contributed by atoms with Crippen LogP contribution in [0.4, 0.5) is 0 Å². The molecule has 1 aliphatic heterocycles. The van der Waals surface area contributed by atoms with E-state index in [0.717, 1.165) is 12.8 Å². The number of rotatable bonds is 6. The number of benzene rings is 2. The second-order valence-corrected chi connectivity index (χ2v) is 8.23. The summed E-state index contributed by atoms with van der Waals surface area (Å²) in [4.78, 5) is 24.0. The third-order valence-electron chi connectivity index (χ3n) is 4.47. The van der Waals surface area contributed by atoms with Crippen molar-refractivity contribution in [3.63, 3.8) is 0 Å². The van der Waals surface area contributed by atoms with Gasteiger partial charge in [0.25, 0.3) is 5.91 Å². The SMILES string of the molecule is O=C(N[C@H](C(=O)O)c1ccccc1)c1ccc(S(=O)(=O)N2CCCC2)cc1. The lowest BCUT2D eigenvalue weighted by atomic mass is 10.1. The van der Waals surface area contributed by atoms with Crippen LogP contribution in [-0.4, -0.2) is 42.8 Å². The number of carbonyl (C=O) groups is 2. The molecule has 8 heteroatoms. The summed E-state index contributed by atoms with van der Waals surface area (Å²) in [6.07, 6.45) is 1.69. The highest BCUT2D eigenvalue weighted by molar-refractivity contribution is 7.89. The zero-order valence-electron chi connectivity index (χ0n) is 14.5. The number of carbonyl (C=O) groups excluding carboxylic acids is 1. The molecule has 142 valence electrons. The van der Waals surface area contributed by atoms with Crippen molar-refractivity contribution in [1.29, 1.82) is 0 Å². The first-order chi connectivity index (χ1) is 12.9. The molecule has 1 aliphatic rings. The van der Waals surface area contributed by atoms with Crippen LogP contribution in [0.15, 0.2) is 59.5 Å². The van der Waals surface area contributed by atoms with Gasteiger partial charge in [0.1, 0.15) is 0 Å². The van der Waals surface area contributed by atoms with E-state index in [4.69, 9.17) is 0 Å². The van der Waals surface area contributed by atoms with Crippen LogP contribution in [0.3, 0.4) is 0 Å². The Balaban J connectivity index is 1.76. The minimum Gasteiger partial charge on any atom is -0.479 e. The van der Waals surface area contributed by atoms with Crippen LogP contribution >= 0.6 is 0 Å². The second kappa shape index (κ2) is 7.89. The van der Waals surface area contributed by atoms with Gasteiger partial charge < -0.3 is 10.4 Å². The van der Waals surface area contributed by atoms with E-state index in [-0.39, 0.29) is 10.5 Å². The molecule has 0 unspecified atom stereocenters. The molecular weight excluding hydrogens is 368 g/mol. The van der Waals surface area contributed by atoms with Crippen molar-refractivity contribution in [2.24, 2.45) is 0 Å². The van der Waals surface area contributed by atoms with E-state index in [9.17, 15) is 23.1 Å². The predicted molar refractivity (Wildman–Crippen MR) is 98.7 cm³/mol. The molecule has 0 saturated carbocycles. The zero-order chi connectivity index (χ0) is 19.4. The molecule has 1 heterocycles.